The maximum absolute atomic E-state index is 12.2. The molecule has 0 aliphatic carbocycles. The quantitative estimate of drug-likeness (QED) is 0.454. The van der Waals surface area contributed by atoms with E-state index in [2.05, 4.69) is 35.3 Å². The number of halogens is 1. The van der Waals surface area contributed by atoms with Crippen LogP contribution in [0.5, 0.6) is 0 Å². The van der Waals surface area contributed by atoms with Gasteiger partial charge in [-0.1, -0.05) is 25.0 Å². The number of benzene rings is 1. The smallest absolute Gasteiger partial charge is 0.241 e. The van der Waals surface area contributed by atoms with Crippen molar-refractivity contribution in [1.29, 1.82) is 0 Å². The van der Waals surface area contributed by atoms with Crippen LogP contribution in [0.2, 0.25) is 0 Å². The van der Waals surface area contributed by atoms with Gasteiger partial charge in [0, 0.05) is 41.5 Å². The van der Waals surface area contributed by atoms with Crippen LogP contribution in [0.1, 0.15) is 25.7 Å². The number of fused-ring (bicyclic) bond motifs is 1. The number of nitrogens with zero attached hydrogens (tertiary/aromatic N) is 3. The molecule has 3 aromatic rings. The summed E-state index contributed by atoms with van der Waals surface area (Å²) in [5.74, 6) is 0.823. The Kier molecular flexibility index (Phi) is 6.63. The number of hydrogen-bond acceptors (Lipinski definition) is 6. The van der Waals surface area contributed by atoms with Crippen LogP contribution < -0.4 is 10.0 Å². The predicted molar refractivity (Wildman–Crippen MR) is 107 cm³/mol. The fourth-order valence-corrected chi connectivity index (χ4v) is 5.25. The summed E-state index contributed by atoms with van der Waals surface area (Å²) < 4.78 is 34.0. The first kappa shape index (κ1) is 19.3. The van der Waals surface area contributed by atoms with Crippen LogP contribution in [0.4, 0.5) is 5.95 Å². The molecule has 0 aliphatic heterocycles. The van der Waals surface area contributed by atoms with Crippen LogP contribution in [0, 0.1) is 0 Å². The Hall–Kier alpha value is -1.49. The molecule has 2 N–H and O–H groups in total. The minimum atomic E-state index is -3.46. The van der Waals surface area contributed by atoms with Crippen molar-refractivity contribution in [2.75, 3.05) is 18.4 Å². The van der Waals surface area contributed by atoms with Crippen molar-refractivity contribution in [1.82, 2.24) is 18.5 Å². The average molecular weight is 458 g/mol. The molecule has 0 unspecified atom stereocenters. The summed E-state index contributed by atoms with van der Waals surface area (Å²) in [5.41, 5.74) is 0. The van der Waals surface area contributed by atoms with E-state index < -0.39 is 10.0 Å². The molecule has 10 heteroatoms. The SMILES string of the molecule is O=S(=O)(NCCCCCCNc1nsc2nccn12)c1ccccc1Br. The van der Waals surface area contributed by atoms with Gasteiger partial charge in [-0.05, 0) is 40.9 Å². The number of anilines is 1. The summed E-state index contributed by atoms with van der Waals surface area (Å²) in [7, 11) is -3.46. The van der Waals surface area contributed by atoms with Gasteiger partial charge < -0.3 is 5.32 Å². The van der Waals surface area contributed by atoms with E-state index >= 15 is 0 Å². The lowest BCUT2D eigenvalue weighted by molar-refractivity contribution is 0.572. The minimum absolute atomic E-state index is 0.276. The summed E-state index contributed by atoms with van der Waals surface area (Å²) in [6, 6.07) is 6.82. The van der Waals surface area contributed by atoms with Gasteiger partial charge in [0.2, 0.25) is 20.9 Å². The first-order chi connectivity index (χ1) is 12.6. The summed E-state index contributed by atoms with van der Waals surface area (Å²) in [6.07, 6.45) is 7.46. The molecule has 3 rings (SSSR count). The Morgan fingerprint density at radius 1 is 1.12 bits per heavy atom. The first-order valence-corrected chi connectivity index (χ1v) is 11.4. The molecule has 0 bridgehead atoms. The molecular weight excluding hydrogens is 438 g/mol. The number of rotatable bonds is 10. The van der Waals surface area contributed by atoms with Crippen molar-refractivity contribution in [3.05, 3.63) is 41.1 Å². The highest BCUT2D eigenvalue weighted by atomic mass is 79.9. The van der Waals surface area contributed by atoms with Crippen molar-refractivity contribution in [2.45, 2.75) is 30.6 Å². The van der Waals surface area contributed by atoms with Gasteiger partial charge in [0.05, 0.1) is 4.90 Å². The van der Waals surface area contributed by atoms with Crippen LogP contribution in [0.15, 0.2) is 46.0 Å². The highest BCUT2D eigenvalue weighted by Crippen LogP contribution is 2.20. The second kappa shape index (κ2) is 8.94. The van der Waals surface area contributed by atoms with Crippen molar-refractivity contribution < 1.29 is 8.42 Å². The van der Waals surface area contributed by atoms with Gasteiger partial charge in [-0.2, -0.15) is 4.37 Å². The van der Waals surface area contributed by atoms with E-state index in [4.69, 9.17) is 0 Å². The fourth-order valence-electron chi connectivity index (χ4n) is 2.51. The van der Waals surface area contributed by atoms with Crippen LogP contribution in [0.3, 0.4) is 0 Å². The molecule has 0 aliphatic rings. The van der Waals surface area contributed by atoms with E-state index in [0.29, 0.717) is 11.0 Å². The Balaban J connectivity index is 1.31. The molecule has 7 nitrogen and oxygen atoms in total. The van der Waals surface area contributed by atoms with E-state index in [1.807, 2.05) is 10.6 Å². The summed E-state index contributed by atoms with van der Waals surface area (Å²) in [4.78, 5) is 5.34. The molecule has 0 atom stereocenters. The Bertz CT molecular complexity index is 954. The molecule has 2 heterocycles. The third kappa shape index (κ3) is 4.81. The van der Waals surface area contributed by atoms with Gasteiger partial charge in [0.15, 0.2) is 0 Å². The summed E-state index contributed by atoms with van der Waals surface area (Å²) >= 11 is 4.64. The number of imidazole rings is 1. The Morgan fingerprint density at radius 3 is 2.69 bits per heavy atom. The molecule has 0 spiro atoms. The maximum Gasteiger partial charge on any atom is 0.241 e. The van der Waals surface area contributed by atoms with Crippen LogP contribution >= 0.6 is 27.5 Å². The van der Waals surface area contributed by atoms with Gasteiger partial charge in [-0.15, -0.1) is 0 Å². The zero-order chi connectivity index (χ0) is 18.4. The molecule has 0 amide bonds. The van der Waals surface area contributed by atoms with Crippen LogP contribution in [-0.2, 0) is 10.0 Å². The molecule has 2 aromatic heterocycles. The Morgan fingerprint density at radius 2 is 1.88 bits per heavy atom. The fraction of sp³-hybridized carbons (Fsp3) is 0.375. The second-order valence-corrected chi connectivity index (χ2v) is 9.08. The molecule has 0 saturated heterocycles. The average Bonchev–Trinajstić information content (AvgIpc) is 3.22. The van der Waals surface area contributed by atoms with Crippen molar-refractivity contribution in [3.63, 3.8) is 0 Å². The molecule has 0 fully saturated rings. The topological polar surface area (TPSA) is 88.4 Å². The van der Waals surface area contributed by atoms with Crippen molar-refractivity contribution in [3.8, 4) is 0 Å². The van der Waals surface area contributed by atoms with E-state index in [0.717, 1.165) is 43.1 Å². The second-order valence-electron chi connectivity index (χ2n) is 5.76. The molecule has 26 heavy (non-hydrogen) atoms. The van der Waals surface area contributed by atoms with Crippen molar-refractivity contribution >= 4 is 48.4 Å². The predicted octanol–water partition coefficient (Wildman–Crippen LogP) is 3.50. The number of hydrogen-bond donors (Lipinski definition) is 2. The van der Waals surface area contributed by atoms with E-state index in [9.17, 15) is 8.42 Å². The van der Waals surface area contributed by atoms with Gasteiger partial charge in [-0.25, -0.2) is 18.1 Å². The molecule has 0 radical (unpaired) electrons. The number of aromatic nitrogens is 3. The highest BCUT2D eigenvalue weighted by Gasteiger charge is 2.15. The van der Waals surface area contributed by atoms with E-state index in [1.165, 1.54) is 11.5 Å². The van der Waals surface area contributed by atoms with Crippen LogP contribution in [0.25, 0.3) is 4.96 Å². The van der Waals surface area contributed by atoms with Gasteiger partial charge in [0.1, 0.15) is 0 Å². The number of unbranched alkanes of at least 4 members (excludes halogenated alkanes) is 3. The van der Waals surface area contributed by atoms with E-state index in [-0.39, 0.29) is 4.90 Å². The van der Waals surface area contributed by atoms with E-state index in [1.54, 1.807) is 30.5 Å². The molecular formula is C16H20BrN5O2S2. The first-order valence-electron chi connectivity index (χ1n) is 8.35. The lowest BCUT2D eigenvalue weighted by Crippen LogP contribution is -2.25. The highest BCUT2D eigenvalue weighted by molar-refractivity contribution is 9.10. The Labute approximate surface area is 165 Å². The zero-order valence-electron chi connectivity index (χ0n) is 14.1. The van der Waals surface area contributed by atoms with Crippen LogP contribution in [-0.4, -0.2) is 35.3 Å². The number of sulfonamides is 1. The zero-order valence-corrected chi connectivity index (χ0v) is 17.3. The third-order valence-electron chi connectivity index (χ3n) is 3.85. The van der Waals surface area contributed by atoms with Gasteiger partial charge in [-0.3, -0.25) is 4.40 Å². The molecule has 1 aromatic carbocycles. The minimum Gasteiger partial charge on any atom is -0.355 e. The molecule has 0 saturated carbocycles. The molecule has 140 valence electrons. The maximum atomic E-state index is 12.2. The van der Waals surface area contributed by atoms with Gasteiger partial charge in [0.25, 0.3) is 0 Å². The lowest BCUT2D eigenvalue weighted by Gasteiger charge is -2.08. The van der Waals surface area contributed by atoms with Crippen molar-refractivity contribution in [2.24, 2.45) is 0 Å². The van der Waals surface area contributed by atoms with Gasteiger partial charge >= 0.3 is 0 Å². The largest absolute Gasteiger partial charge is 0.355 e. The third-order valence-corrected chi connectivity index (χ3v) is 7.06. The normalized spacial score (nSPS) is 11.9. The summed E-state index contributed by atoms with van der Waals surface area (Å²) in [6.45, 7) is 1.28. The summed E-state index contributed by atoms with van der Waals surface area (Å²) in [5, 5.41) is 3.30. The standard InChI is InChI=1S/C16H20BrN5O2S2/c17-13-7-3-4-8-14(13)26(23,24)20-10-6-2-1-5-9-18-15-21-25-16-19-11-12-22(15)16/h3-4,7-8,11-12,20H,1-2,5-6,9-10H2,(H,18,21). The number of nitrogens with one attached hydrogen (secondary N) is 2. The monoisotopic (exact) mass is 457 g/mol. The lowest BCUT2D eigenvalue weighted by atomic mass is 10.2.